The van der Waals surface area contributed by atoms with Crippen LogP contribution in [0.25, 0.3) is 0 Å². The fraction of sp³-hybridized carbons (Fsp3) is 1.00. The maximum absolute atomic E-state index is 3.48. The molecular formula is C8H15N. The monoisotopic (exact) mass is 125 g/mol. The molecule has 0 aromatic heterocycles. The van der Waals surface area contributed by atoms with E-state index in [1.165, 1.54) is 32.4 Å². The Bertz CT molecular complexity index is 116. The topological polar surface area (TPSA) is 12.0 Å². The van der Waals surface area contributed by atoms with Crippen LogP contribution in [0.5, 0.6) is 0 Å². The highest BCUT2D eigenvalue weighted by molar-refractivity contribution is 5.04. The van der Waals surface area contributed by atoms with E-state index < -0.39 is 0 Å². The summed E-state index contributed by atoms with van der Waals surface area (Å²) in [6.45, 7) is 4.92. The lowest BCUT2D eigenvalue weighted by atomic mass is 9.91. The Hall–Kier alpha value is -0.0400. The van der Waals surface area contributed by atoms with Crippen LogP contribution in [-0.4, -0.2) is 13.1 Å². The van der Waals surface area contributed by atoms with Gasteiger partial charge in [-0.15, -0.1) is 0 Å². The molecule has 1 unspecified atom stereocenters. The first-order valence-corrected chi connectivity index (χ1v) is 4.08. The molecule has 2 rings (SSSR count). The zero-order chi connectivity index (χ0) is 6.32. The molecule has 0 aromatic carbocycles. The zero-order valence-electron chi connectivity index (χ0n) is 6.11. The fourth-order valence-electron chi connectivity index (χ4n) is 2.18. The maximum atomic E-state index is 3.48. The van der Waals surface area contributed by atoms with Crippen LogP contribution < -0.4 is 5.32 Å². The Morgan fingerprint density at radius 3 is 2.78 bits per heavy atom. The lowest BCUT2D eigenvalue weighted by Crippen LogP contribution is -2.11. The van der Waals surface area contributed by atoms with E-state index in [0.717, 1.165) is 11.3 Å². The van der Waals surface area contributed by atoms with Gasteiger partial charge in [-0.25, -0.2) is 0 Å². The Kier molecular flexibility index (Phi) is 1.10. The van der Waals surface area contributed by atoms with Gasteiger partial charge in [0.1, 0.15) is 0 Å². The summed E-state index contributed by atoms with van der Waals surface area (Å²) in [4.78, 5) is 0. The van der Waals surface area contributed by atoms with Gasteiger partial charge < -0.3 is 5.32 Å². The minimum absolute atomic E-state index is 0.800. The Morgan fingerprint density at radius 2 is 2.33 bits per heavy atom. The molecule has 52 valence electrons. The molecule has 0 radical (unpaired) electrons. The summed E-state index contributed by atoms with van der Waals surface area (Å²) in [6.07, 6.45) is 4.38. The summed E-state index contributed by atoms with van der Waals surface area (Å²) in [6, 6.07) is 0. The lowest BCUT2D eigenvalue weighted by molar-refractivity contribution is 0.387. The molecule has 1 heterocycles. The molecule has 1 saturated carbocycles. The van der Waals surface area contributed by atoms with Gasteiger partial charge in [0.15, 0.2) is 0 Å². The van der Waals surface area contributed by atoms with Gasteiger partial charge in [0, 0.05) is 6.54 Å². The lowest BCUT2D eigenvalue weighted by Gasteiger charge is -2.13. The number of hydrogen-bond donors (Lipinski definition) is 1. The minimum atomic E-state index is 0.800. The molecule has 0 bridgehead atoms. The van der Waals surface area contributed by atoms with E-state index in [-0.39, 0.29) is 0 Å². The Balaban J connectivity index is 2.05. The van der Waals surface area contributed by atoms with E-state index in [2.05, 4.69) is 12.2 Å². The number of hydrogen-bond acceptors (Lipinski definition) is 1. The van der Waals surface area contributed by atoms with Gasteiger partial charge in [0.2, 0.25) is 0 Å². The average Bonchev–Trinajstić information content (AvgIpc) is 2.45. The summed E-state index contributed by atoms with van der Waals surface area (Å²) in [5.74, 6) is 1.01. The quantitative estimate of drug-likeness (QED) is 0.558. The predicted octanol–water partition coefficient (Wildman–Crippen LogP) is 1.40. The first-order valence-electron chi connectivity index (χ1n) is 4.08. The van der Waals surface area contributed by atoms with Crippen LogP contribution in [0.15, 0.2) is 0 Å². The molecule has 1 saturated heterocycles. The van der Waals surface area contributed by atoms with Gasteiger partial charge in [-0.1, -0.05) is 13.3 Å². The normalized spacial score (nSPS) is 37.7. The van der Waals surface area contributed by atoms with Crippen LogP contribution in [0.1, 0.15) is 26.2 Å². The average molecular weight is 125 g/mol. The number of rotatable bonds is 1. The predicted molar refractivity (Wildman–Crippen MR) is 38.3 cm³/mol. The molecule has 1 aliphatic heterocycles. The molecule has 2 fully saturated rings. The van der Waals surface area contributed by atoms with Gasteiger partial charge in [-0.2, -0.15) is 0 Å². The van der Waals surface area contributed by atoms with Gasteiger partial charge >= 0.3 is 0 Å². The van der Waals surface area contributed by atoms with Crippen molar-refractivity contribution in [3.63, 3.8) is 0 Å². The van der Waals surface area contributed by atoms with Gasteiger partial charge in [0.05, 0.1) is 0 Å². The summed E-state index contributed by atoms with van der Waals surface area (Å²) >= 11 is 0. The Labute approximate surface area is 56.8 Å². The molecular weight excluding hydrogens is 110 g/mol. The molecule has 1 nitrogen and oxygen atoms in total. The van der Waals surface area contributed by atoms with Crippen LogP contribution in [0.2, 0.25) is 0 Å². The van der Waals surface area contributed by atoms with E-state index in [1.54, 1.807) is 0 Å². The van der Waals surface area contributed by atoms with E-state index >= 15 is 0 Å². The van der Waals surface area contributed by atoms with Crippen LogP contribution in [-0.2, 0) is 0 Å². The standard InChI is InChI=1S/C8H15N/c1-2-7-5-9-6-8(7)3-4-8/h7,9H,2-6H2,1H3. The Morgan fingerprint density at radius 1 is 1.56 bits per heavy atom. The van der Waals surface area contributed by atoms with Crippen LogP contribution in [0.3, 0.4) is 0 Å². The summed E-state index contributed by atoms with van der Waals surface area (Å²) in [7, 11) is 0. The molecule has 1 atom stereocenters. The first-order chi connectivity index (χ1) is 4.37. The second-order valence-electron chi connectivity index (χ2n) is 3.60. The fourth-order valence-corrected chi connectivity index (χ4v) is 2.18. The molecule has 1 N–H and O–H groups in total. The zero-order valence-corrected chi connectivity index (χ0v) is 6.11. The summed E-state index contributed by atoms with van der Waals surface area (Å²) in [5.41, 5.74) is 0.800. The second-order valence-corrected chi connectivity index (χ2v) is 3.60. The maximum Gasteiger partial charge on any atom is 0.00111 e. The van der Waals surface area contributed by atoms with Crippen molar-refractivity contribution in [2.24, 2.45) is 11.3 Å². The summed E-state index contributed by atoms with van der Waals surface area (Å²) < 4.78 is 0. The van der Waals surface area contributed by atoms with Crippen LogP contribution in [0.4, 0.5) is 0 Å². The smallest absolute Gasteiger partial charge is 0.00111 e. The second kappa shape index (κ2) is 1.72. The van der Waals surface area contributed by atoms with E-state index in [0.29, 0.717) is 0 Å². The largest absolute Gasteiger partial charge is 0.316 e. The number of nitrogens with one attached hydrogen (secondary N) is 1. The van der Waals surface area contributed by atoms with Gasteiger partial charge in [-0.05, 0) is 30.7 Å². The highest BCUT2D eigenvalue weighted by atomic mass is 15.0. The molecule has 0 amide bonds. The van der Waals surface area contributed by atoms with Crippen molar-refractivity contribution in [1.82, 2.24) is 5.32 Å². The molecule has 0 aromatic rings. The SMILES string of the molecule is CCC1CNCC12CC2. The van der Waals surface area contributed by atoms with Crippen molar-refractivity contribution < 1.29 is 0 Å². The van der Waals surface area contributed by atoms with Crippen molar-refractivity contribution in [2.45, 2.75) is 26.2 Å². The molecule has 1 heteroatoms. The minimum Gasteiger partial charge on any atom is -0.316 e. The van der Waals surface area contributed by atoms with Gasteiger partial charge in [-0.3, -0.25) is 0 Å². The van der Waals surface area contributed by atoms with Crippen LogP contribution >= 0.6 is 0 Å². The third-order valence-corrected chi connectivity index (χ3v) is 3.12. The van der Waals surface area contributed by atoms with Crippen molar-refractivity contribution in [3.05, 3.63) is 0 Å². The first kappa shape index (κ1) is 5.72. The van der Waals surface area contributed by atoms with E-state index in [4.69, 9.17) is 0 Å². The highest BCUT2D eigenvalue weighted by Gasteiger charge is 2.50. The molecule has 2 aliphatic rings. The van der Waals surface area contributed by atoms with E-state index in [1.807, 2.05) is 0 Å². The van der Waals surface area contributed by atoms with Crippen LogP contribution in [0, 0.1) is 11.3 Å². The van der Waals surface area contributed by atoms with Crippen molar-refractivity contribution in [1.29, 1.82) is 0 Å². The van der Waals surface area contributed by atoms with E-state index in [9.17, 15) is 0 Å². The molecule has 1 aliphatic carbocycles. The third kappa shape index (κ3) is 0.710. The van der Waals surface area contributed by atoms with Crippen molar-refractivity contribution in [3.8, 4) is 0 Å². The van der Waals surface area contributed by atoms with Crippen molar-refractivity contribution >= 4 is 0 Å². The molecule has 9 heavy (non-hydrogen) atoms. The highest BCUT2D eigenvalue weighted by Crippen LogP contribution is 2.54. The third-order valence-electron chi connectivity index (χ3n) is 3.12. The summed E-state index contributed by atoms with van der Waals surface area (Å²) in [5, 5.41) is 3.48. The molecule has 1 spiro atoms. The van der Waals surface area contributed by atoms with Crippen molar-refractivity contribution in [2.75, 3.05) is 13.1 Å². The van der Waals surface area contributed by atoms with Gasteiger partial charge in [0.25, 0.3) is 0 Å².